The van der Waals surface area contributed by atoms with Gasteiger partial charge in [-0.25, -0.2) is 4.98 Å². The highest BCUT2D eigenvalue weighted by molar-refractivity contribution is 6.30. The van der Waals surface area contributed by atoms with Crippen LogP contribution in [-0.4, -0.2) is 46.5 Å². The van der Waals surface area contributed by atoms with E-state index in [9.17, 15) is 0 Å². The zero-order valence-corrected chi connectivity index (χ0v) is 16.6. The molecule has 6 nitrogen and oxygen atoms in total. The van der Waals surface area contributed by atoms with Crippen molar-refractivity contribution in [1.82, 2.24) is 19.6 Å². The highest BCUT2D eigenvalue weighted by Crippen LogP contribution is 2.19. The van der Waals surface area contributed by atoms with Crippen molar-refractivity contribution >= 4 is 23.2 Å². The van der Waals surface area contributed by atoms with Crippen LogP contribution in [0.1, 0.15) is 18.5 Å². The fraction of sp³-hybridized carbons (Fsp3) is 0.333. The summed E-state index contributed by atoms with van der Waals surface area (Å²) in [6.07, 6.45) is 6.05. The van der Waals surface area contributed by atoms with Crippen molar-refractivity contribution < 1.29 is 4.74 Å². The Morgan fingerprint density at radius 1 is 1.18 bits per heavy atom. The van der Waals surface area contributed by atoms with Crippen molar-refractivity contribution in [3.63, 3.8) is 0 Å². The molecule has 0 radical (unpaired) electrons. The smallest absolute Gasteiger partial charge is 0.193 e. The van der Waals surface area contributed by atoms with Crippen molar-refractivity contribution in [2.75, 3.05) is 20.1 Å². The van der Waals surface area contributed by atoms with E-state index in [4.69, 9.17) is 16.3 Å². The van der Waals surface area contributed by atoms with E-state index in [1.54, 1.807) is 0 Å². The molecule has 1 aromatic carbocycles. The summed E-state index contributed by atoms with van der Waals surface area (Å²) in [4.78, 5) is 11.3. The SMILES string of the molecule is CN=C(NCc1cn2cc(Cl)ccc2n1)N1CCC(Oc2ccccc2)CC1. The van der Waals surface area contributed by atoms with Gasteiger partial charge in [0.05, 0.1) is 17.3 Å². The van der Waals surface area contributed by atoms with Gasteiger partial charge in [-0.1, -0.05) is 29.8 Å². The van der Waals surface area contributed by atoms with Gasteiger partial charge in [0.2, 0.25) is 0 Å². The van der Waals surface area contributed by atoms with Crippen molar-refractivity contribution in [3.8, 4) is 5.75 Å². The van der Waals surface area contributed by atoms with Gasteiger partial charge >= 0.3 is 0 Å². The van der Waals surface area contributed by atoms with E-state index in [0.717, 1.165) is 49.0 Å². The maximum Gasteiger partial charge on any atom is 0.193 e. The van der Waals surface area contributed by atoms with Crippen LogP contribution in [0.25, 0.3) is 5.65 Å². The van der Waals surface area contributed by atoms with E-state index >= 15 is 0 Å². The fourth-order valence-corrected chi connectivity index (χ4v) is 3.65. The van der Waals surface area contributed by atoms with E-state index in [0.29, 0.717) is 11.6 Å². The lowest BCUT2D eigenvalue weighted by molar-refractivity contribution is 0.129. The standard InChI is InChI=1S/C21H24ClN5O/c1-23-21(24-13-17-15-27-14-16(22)7-8-20(27)25-17)26-11-9-19(10-12-26)28-18-5-3-2-4-6-18/h2-8,14-15,19H,9-13H2,1H3,(H,23,24). The summed E-state index contributed by atoms with van der Waals surface area (Å²) in [6, 6.07) is 13.8. The Hall–Kier alpha value is -2.73. The second-order valence-corrected chi connectivity index (χ2v) is 7.30. The molecule has 0 spiro atoms. The third-order valence-electron chi connectivity index (χ3n) is 4.89. The summed E-state index contributed by atoms with van der Waals surface area (Å²) < 4.78 is 8.02. The van der Waals surface area contributed by atoms with Gasteiger partial charge in [-0.2, -0.15) is 0 Å². The van der Waals surface area contributed by atoms with Gasteiger partial charge in [-0.05, 0) is 24.3 Å². The Labute approximate surface area is 169 Å². The molecular weight excluding hydrogens is 374 g/mol. The molecule has 0 bridgehead atoms. The highest BCUT2D eigenvalue weighted by Gasteiger charge is 2.22. The van der Waals surface area contributed by atoms with Crippen LogP contribution in [0.15, 0.2) is 59.9 Å². The van der Waals surface area contributed by atoms with Gasteiger partial charge in [0.1, 0.15) is 17.5 Å². The lowest BCUT2D eigenvalue weighted by atomic mass is 10.1. The van der Waals surface area contributed by atoms with E-state index in [1.807, 2.05) is 66.3 Å². The summed E-state index contributed by atoms with van der Waals surface area (Å²) in [5.74, 6) is 1.84. The number of nitrogens with zero attached hydrogens (tertiary/aromatic N) is 4. The highest BCUT2D eigenvalue weighted by atomic mass is 35.5. The fourth-order valence-electron chi connectivity index (χ4n) is 3.48. The molecule has 0 unspecified atom stereocenters. The van der Waals surface area contributed by atoms with Gasteiger partial charge < -0.3 is 19.4 Å². The third-order valence-corrected chi connectivity index (χ3v) is 5.12. The van der Waals surface area contributed by atoms with Gasteiger partial charge in [0.15, 0.2) is 5.96 Å². The summed E-state index contributed by atoms with van der Waals surface area (Å²) in [5, 5.41) is 4.12. The number of hydrogen-bond acceptors (Lipinski definition) is 3. The number of nitrogens with one attached hydrogen (secondary N) is 1. The number of halogens is 1. The Balaban J connectivity index is 1.31. The van der Waals surface area contributed by atoms with E-state index in [1.165, 1.54) is 0 Å². The third kappa shape index (κ3) is 4.39. The number of imidazole rings is 1. The van der Waals surface area contributed by atoms with Crippen molar-refractivity contribution in [1.29, 1.82) is 0 Å². The predicted octanol–water partition coefficient (Wildman–Crippen LogP) is 3.61. The number of pyridine rings is 1. The van der Waals surface area contributed by atoms with Gasteiger partial charge in [-0.3, -0.25) is 4.99 Å². The molecule has 0 atom stereocenters. The van der Waals surface area contributed by atoms with Crippen LogP contribution in [0.3, 0.4) is 0 Å². The normalized spacial score (nSPS) is 15.8. The molecule has 3 heterocycles. The number of aromatic nitrogens is 2. The van der Waals surface area contributed by atoms with Crippen molar-refractivity contribution in [3.05, 3.63) is 65.6 Å². The average molecular weight is 398 g/mol. The van der Waals surface area contributed by atoms with Crippen LogP contribution in [0.4, 0.5) is 0 Å². The summed E-state index contributed by atoms with van der Waals surface area (Å²) in [6.45, 7) is 2.45. The van der Waals surface area contributed by atoms with Crippen LogP contribution in [0.2, 0.25) is 5.02 Å². The van der Waals surface area contributed by atoms with E-state index in [-0.39, 0.29) is 6.10 Å². The monoisotopic (exact) mass is 397 g/mol. The van der Waals surface area contributed by atoms with Crippen LogP contribution >= 0.6 is 11.6 Å². The molecule has 1 N–H and O–H groups in total. The number of likely N-dealkylation sites (tertiary alicyclic amines) is 1. The maximum absolute atomic E-state index is 6.08. The minimum atomic E-state index is 0.250. The number of benzene rings is 1. The first-order valence-corrected chi connectivity index (χ1v) is 9.89. The number of rotatable bonds is 4. The van der Waals surface area contributed by atoms with Crippen LogP contribution in [-0.2, 0) is 6.54 Å². The molecule has 2 aromatic heterocycles. The molecule has 4 rings (SSSR count). The first-order chi connectivity index (χ1) is 13.7. The lowest BCUT2D eigenvalue weighted by Gasteiger charge is -2.34. The quantitative estimate of drug-likeness (QED) is 0.539. The predicted molar refractivity (Wildman–Crippen MR) is 112 cm³/mol. The molecule has 0 amide bonds. The number of guanidine groups is 1. The topological polar surface area (TPSA) is 54.2 Å². The summed E-state index contributed by atoms with van der Waals surface area (Å²) in [7, 11) is 1.82. The first kappa shape index (κ1) is 18.6. The maximum atomic E-state index is 6.08. The summed E-state index contributed by atoms with van der Waals surface area (Å²) >= 11 is 6.04. The average Bonchev–Trinajstić information content (AvgIpc) is 3.12. The summed E-state index contributed by atoms with van der Waals surface area (Å²) in [5.41, 5.74) is 1.83. The Bertz CT molecular complexity index is 948. The second-order valence-electron chi connectivity index (χ2n) is 6.86. The molecule has 1 fully saturated rings. The number of hydrogen-bond donors (Lipinski definition) is 1. The minimum absolute atomic E-state index is 0.250. The number of para-hydroxylation sites is 1. The van der Waals surface area contributed by atoms with Gasteiger partial charge in [0, 0.05) is 45.4 Å². The van der Waals surface area contributed by atoms with Gasteiger partial charge in [-0.15, -0.1) is 0 Å². The molecule has 146 valence electrons. The number of ether oxygens (including phenoxy) is 1. The number of fused-ring (bicyclic) bond motifs is 1. The molecule has 1 aliphatic heterocycles. The Kier molecular flexibility index (Phi) is 5.67. The zero-order chi connectivity index (χ0) is 19.3. The van der Waals surface area contributed by atoms with Crippen LogP contribution in [0.5, 0.6) is 5.75 Å². The number of aliphatic imine (C=N–C) groups is 1. The Morgan fingerprint density at radius 2 is 1.96 bits per heavy atom. The first-order valence-electron chi connectivity index (χ1n) is 9.52. The largest absolute Gasteiger partial charge is 0.490 e. The van der Waals surface area contributed by atoms with E-state index in [2.05, 4.69) is 20.2 Å². The number of piperidine rings is 1. The zero-order valence-electron chi connectivity index (χ0n) is 15.9. The Morgan fingerprint density at radius 3 is 2.71 bits per heavy atom. The molecule has 0 saturated carbocycles. The molecular formula is C21H24ClN5O. The molecule has 7 heteroatoms. The minimum Gasteiger partial charge on any atom is -0.490 e. The second kappa shape index (κ2) is 8.52. The van der Waals surface area contributed by atoms with E-state index < -0.39 is 0 Å². The molecule has 0 aliphatic carbocycles. The van der Waals surface area contributed by atoms with Crippen molar-refractivity contribution in [2.45, 2.75) is 25.5 Å². The van der Waals surface area contributed by atoms with Crippen LogP contribution < -0.4 is 10.1 Å². The molecule has 1 aliphatic rings. The molecule has 3 aromatic rings. The van der Waals surface area contributed by atoms with Gasteiger partial charge in [0.25, 0.3) is 0 Å². The van der Waals surface area contributed by atoms with Crippen molar-refractivity contribution in [2.24, 2.45) is 4.99 Å². The molecule has 1 saturated heterocycles. The lowest BCUT2D eigenvalue weighted by Crippen LogP contribution is -2.47. The molecule has 28 heavy (non-hydrogen) atoms. The van der Waals surface area contributed by atoms with Crippen LogP contribution in [0, 0.1) is 0 Å².